The maximum absolute atomic E-state index is 14.1. The number of rotatable bonds is 7. The number of ether oxygens (including phenoxy) is 2. The quantitative estimate of drug-likeness (QED) is 0.228. The number of nitrogens with zero attached hydrogens (tertiary/aromatic N) is 3. The summed E-state index contributed by atoms with van der Waals surface area (Å²) < 4.78 is 38.9. The summed E-state index contributed by atoms with van der Waals surface area (Å²) in [5.74, 6) is -0.632. The number of nitrogens with one attached hydrogen (secondary N) is 1. The van der Waals surface area contributed by atoms with E-state index < -0.39 is 17.7 Å². The zero-order valence-corrected chi connectivity index (χ0v) is 26.1. The van der Waals surface area contributed by atoms with Crippen molar-refractivity contribution in [2.45, 2.75) is 43.2 Å². The monoisotopic (exact) mass is 622 g/mol. The number of hydrogen-bond donors (Lipinski definition) is 1. The van der Waals surface area contributed by atoms with E-state index in [1.54, 1.807) is 25.2 Å². The normalized spacial score (nSPS) is 20.8. The van der Waals surface area contributed by atoms with E-state index in [-0.39, 0.29) is 23.2 Å². The molecule has 1 N–H and O–H groups in total. The first-order chi connectivity index (χ1) is 22.3. The van der Waals surface area contributed by atoms with Gasteiger partial charge in [-0.3, -0.25) is 4.90 Å². The minimum Gasteiger partial charge on any atom is -0.493 e. The van der Waals surface area contributed by atoms with Crippen LogP contribution in [0, 0.1) is 23.0 Å². The predicted molar refractivity (Wildman–Crippen MR) is 174 cm³/mol. The van der Waals surface area contributed by atoms with E-state index in [1.807, 2.05) is 48.5 Å². The molecule has 0 unspecified atom stereocenters. The van der Waals surface area contributed by atoms with Crippen molar-refractivity contribution in [2.24, 2.45) is 0 Å². The number of likely N-dealkylation sites (N-methyl/N-ethyl adjacent to an activating group) is 1. The molecule has 2 amide bonds. The number of likely N-dealkylation sites (tertiary alicyclic amines) is 1. The first-order valence-corrected chi connectivity index (χ1v) is 15.3. The van der Waals surface area contributed by atoms with E-state index >= 15 is 0 Å². The van der Waals surface area contributed by atoms with E-state index in [0.717, 1.165) is 49.1 Å². The van der Waals surface area contributed by atoms with Gasteiger partial charge in [-0.05, 0) is 104 Å². The maximum Gasteiger partial charge on any atom is 0.326 e. The van der Waals surface area contributed by atoms with E-state index in [2.05, 4.69) is 35.5 Å². The van der Waals surface area contributed by atoms with Crippen LogP contribution in [0.25, 0.3) is 11.1 Å². The van der Waals surface area contributed by atoms with Crippen molar-refractivity contribution in [3.63, 3.8) is 0 Å². The topological polar surface area (TPSA) is 77.8 Å². The summed E-state index contributed by atoms with van der Waals surface area (Å²) in [6, 6.07) is 26.3. The molecular weight excluding hydrogens is 586 g/mol. The fourth-order valence-electron chi connectivity index (χ4n) is 7.31. The van der Waals surface area contributed by atoms with E-state index in [0.29, 0.717) is 29.2 Å². The Labute approximate surface area is 268 Å². The average Bonchev–Trinajstić information content (AvgIpc) is 3.43. The third-order valence-electron chi connectivity index (χ3n) is 9.68. The fraction of sp³-hybridized carbons (Fsp3) is 0.297. The first kappa shape index (κ1) is 31.1. The lowest BCUT2D eigenvalue weighted by Gasteiger charge is -2.47. The number of methoxy groups -OCH3 is 2. The van der Waals surface area contributed by atoms with E-state index in [1.165, 1.54) is 11.6 Å². The van der Waals surface area contributed by atoms with Crippen LogP contribution < -0.4 is 19.7 Å². The molecule has 1 heterocycles. The van der Waals surface area contributed by atoms with Crippen LogP contribution >= 0.6 is 0 Å². The molecule has 2 aliphatic rings. The number of amides is 2. The predicted octanol–water partition coefficient (Wildman–Crippen LogP) is 7.75. The van der Waals surface area contributed by atoms with Gasteiger partial charge in [0, 0.05) is 34.9 Å². The molecule has 3 atom stereocenters. The molecule has 46 heavy (non-hydrogen) atoms. The van der Waals surface area contributed by atoms with Gasteiger partial charge in [-0.15, -0.1) is 0 Å². The Morgan fingerprint density at radius 2 is 1.72 bits per heavy atom. The lowest BCUT2D eigenvalue weighted by Crippen LogP contribution is -2.54. The highest BCUT2D eigenvalue weighted by molar-refractivity contribution is 6.02. The van der Waals surface area contributed by atoms with Crippen LogP contribution in [0.15, 0.2) is 84.9 Å². The van der Waals surface area contributed by atoms with Gasteiger partial charge in [-0.2, -0.15) is 5.26 Å². The molecule has 4 aromatic rings. The molecule has 1 saturated carbocycles. The summed E-state index contributed by atoms with van der Waals surface area (Å²) in [4.78, 5) is 18.2. The second kappa shape index (κ2) is 12.8. The summed E-state index contributed by atoms with van der Waals surface area (Å²) in [6.07, 6.45) is 3.27. The van der Waals surface area contributed by atoms with Gasteiger partial charge in [0.05, 0.1) is 25.9 Å². The first-order valence-electron chi connectivity index (χ1n) is 15.3. The molecule has 4 aromatic carbocycles. The number of nitriles is 1. The number of carbonyl (C=O) groups is 1. The molecule has 0 aromatic heterocycles. The van der Waals surface area contributed by atoms with Gasteiger partial charge in [-0.25, -0.2) is 13.6 Å². The largest absolute Gasteiger partial charge is 0.493 e. The van der Waals surface area contributed by atoms with E-state index in [9.17, 15) is 18.8 Å². The Balaban J connectivity index is 1.34. The Hall–Kier alpha value is -4.94. The van der Waals surface area contributed by atoms with Gasteiger partial charge in [0.2, 0.25) is 0 Å². The van der Waals surface area contributed by atoms with Crippen molar-refractivity contribution >= 4 is 17.4 Å². The number of carbonyl (C=O) groups excluding carboxylic acids is 1. The zero-order chi connectivity index (χ0) is 32.4. The summed E-state index contributed by atoms with van der Waals surface area (Å²) >= 11 is 0. The van der Waals surface area contributed by atoms with Crippen molar-refractivity contribution in [1.82, 2.24) is 4.90 Å². The SMILES string of the molecule is COc1ccc([C@@]23CC[C@@H](N(C(=O)Nc4ccc(F)c(F)c4)c4ccc(-c5cccc(C#N)c5)cc4)C[C@@H]2N(C)CC3)cc1OC. The number of fused-ring (bicyclic) bond motifs is 1. The smallest absolute Gasteiger partial charge is 0.326 e. The third-order valence-corrected chi connectivity index (χ3v) is 9.68. The standard InChI is InChI=1S/C37H36F2N4O3/c1-42-18-17-37(27-9-14-33(45-2)34(20-27)46-3)16-15-30(22-35(37)42)43(36(44)41-28-10-13-31(38)32(39)21-28)29-11-7-25(8-12-29)26-6-4-5-24(19-26)23-40/h4-14,19-21,30,35H,15-18,22H2,1-3H3,(H,41,44)/t30-,35+,37+/m1/s1. The summed E-state index contributed by atoms with van der Waals surface area (Å²) in [6.45, 7) is 0.920. The third kappa shape index (κ3) is 5.77. The maximum atomic E-state index is 14.1. The lowest BCUT2D eigenvalue weighted by molar-refractivity contribution is 0.164. The number of anilines is 2. The van der Waals surface area contributed by atoms with Crippen molar-refractivity contribution in [2.75, 3.05) is 38.0 Å². The molecule has 236 valence electrons. The molecule has 1 aliphatic heterocycles. The van der Waals surface area contributed by atoms with Crippen molar-refractivity contribution in [3.05, 3.63) is 108 Å². The average molecular weight is 623 g/mol. The van der Waals surface area contributed by atoms with Crippen LogP contribution in [0.3, 0.4) is 0 Å². The number of hydrogen-bond acceptors (Lipinski definition) is 5. The van der Waals surface area contributed by atoms with Gasteiger partial charge in [0.15, 0.2) is 23.1 Å². The van der Waals surface area contributed by atoms with Crippen LogP contribution in [0.5, 0.6) is 11.5 Å². The van der Waals surface area contributed by atoms with Gasteiger partial charge in [0.25, 0.3) is 0 Å². The van der Waals surface area contributed by atoms with Crippen molar-refractivity contribution in [1.29, 1.82) is 5.26 Å². The van der Waals surface area contributed by atoms with Gasteiger partial charge in [0.1, 0.15) is 0 Å². The van der Waals surface area contributed by atoms with Crippen LogP contribution in [0.4, 0.5) is 25.0 Å². The molecule has 2 fully saturated rings. The Bertz CT molecular complexity index is 1790. The highest BCUT2D eigenvalue weighted by Gasteiger charge is 2.52. The minimum atomic E-state index is -1.03. The second-order valence-electron chi connectivity index (χ2n) is 12.1. The molecule has 1 saturated heterocycles. The Morgan fingerprint density at radius 1 is 0.935 bits per heavy atom. The fourth-order valence-corrected chi connectivity index (χ4v) is 7.31. The highest BCUT2D eigenvalue weighted by Crippen LogP contribution is 2.51. The number of halogens is 2. The van der Waals surface area contributed by atoms with Crippen LogP contribution in [0.2, 0.25) is 0 Å². The molecule has 6 rings (SSSR count). The Kier molecular flexibility index (Phi) is 8.65. The van der Waals surface area contributed by atoms with Gasteiger partial charge >= 0.3 is 6.03 Å². The van der Waals surface area contributed by atoms with Gasteiger partial charge in [-0.1, -0.05) is 30.3 Å². The lowest BCUT2D eigenvalue weighted by atomic mass is 9.64. The molecule has 0 radical (unpaired) electrons. The minimum absolute atomic E-state index is 0.122. The molecule has 1 aliphatic carbocycles. The molecule has 0 bridgehead atoms. The summed E-state index contributed by atoms with van der Waals surface area (Å²) in [5.41, 5.74) is 4.30. The summed E-state index contributed by atoms with van der Waals surface area (Å²) in [5, 5.41) is 12.2. The Morgan fingerprint density at radius 3 is 2.43 bits per heavy atom. The molecule has 0 spiro atoms. The molecule has 9 heteroatoms. The van der Waals surface area contributed by atoms with Crippen molar-refractivity contribution in [3.8, 4) is 28.7 Å². The van der Waals surface area contributed by atoms with Crippen LogP contribution in [-0.4, -0.2) is 50.8 Å². The van der Waals surface area contributed by atoms with Crippen LogP contribution in [0.1, 0.15) is 36.8 Å². The zero-order valence-electron chi connectivity index (χ0n) is 26.1. The van der Waals surface area contributed by atoms with Crippen LogP contribution in [-0.2, 0) is 5.41 Å². The second-order valence-corrected chi connectivity index (χ2v) is 12.1. The number of urea groups is 1. The molecule has 7 nitrogen and oxygen atoms in total. The van der Waals surface area contributed by atoms with E-state index in [4.69, 9.17) is 9.47 Å². The molecular formula is C37H36F2N4O3. The van der Waals surface area contributed by atoms with Crippen molar-refractivity contribution < 1.29 is 23.0 Å². The van der Waals surface area contributed by atoms with Gasteiger partial charge < -0.3 is 19.7 Å². The highest BCUT2D eigenvalue weighted by atomic mass is 19.2. The summed E-state index contributed by atoms with van der Waals surface area (Å²) in [7, 11) is 5.40. The number of benzene rings is 4.